The number of hydrogen-bond donors (Lipinski definition) is 0. The van der Waals surface area contributed by atoms with Gasteiger partial charge in [-0.25, -0.2) is 0 Å². The predicted octanol–water partition coefficient (Wildman–Crippen LogP) is 3.99. The number of aromatic nitrogens is 2. The molecule has 0 saturated carbocycles. The monoisotopic (exact) mass is 299 g/mol. The van der Waals surface area contributed by atoms with Crippen molar-refractivity contribution < 1.29 is 4.42 Å². The molecule has 0 radical (unpaired) electrons. The number of nitrogens with zero attached hydrogens (tertiary/aromatic N) is 3. The maximum Gasteiger partial charge on any atom is 0.257 e. The van der Waals surface area contributed by atoms with Crippen LogP contribution in [0.15, 0.2) is 52.3 Å². The Hall–Kier alpha value is -1.98. The first-order valence-corrected chi connectivity index (χ1v) is 7.73. The van der Waals surface area contributed by atoms with Gasteiger partial charge in [-0.2, -0.15) is 0 Å². The molecule has 3 rings (SSSR count). The van der Waals surface area contributed by atoms with E-state index in [1.165, 1.54) is 5.56 Å². The predicted molar refractivity (Wildman–Crippen MR) is 83.9 cm³/mol. The minimum atomic E-state index is 0.0754. The maximum absolute atomic E-state index is 5.80. The summed E-state index contributed by atoms with van der Waals surface area (Å²) in [6, 6.07) is 14.4. The zero-order valence-corrected chi connectivity index (χ0v) is 12.9. The van der Waals surface area contributed by atoms with Crippen molar-refractivity contribution >= 4 is 11.3 Å². The van der Waals surface area contributed by atoms with Crippen LogP contribution in [-0.2, 0) is 6.54 Å². The van der Waals surface area contributed by atoms with E-state index in [4.69, 9.17) is 4.42 Å². The van der Waals surface area contributed by atoms with Crippen molar-refractivity contribution in [1.82, 2.24) is 15.1 Å². The molecule has 0 amide bonds. The molecular formula is C16H17N3OS. The van der Waals surface area contributed by atoms with Crippen LogP contribution < -0.4 is 0 Å². The Morgan fingerprint density at radius 3 is 2.67 bits per heavy atom. The third-order valence-corrected chi connectivity index (χ3v) is 4.32. The van der Waals surface area contributed by atoms with E-state index >= 15 is 0 Å². The Balaban J connectivity index is 1.71. The van der Waals surface area contributed by atoms with Crippen LogP contribution in [0.25, 0.3) is 10.8 Å². The van der Waals surface area contributed by atoms with E-state index < -0.39 is 0 Å². The van der Waals surface area contributed by atoms with E-state index in [1.807, 2.05) is 23.6 Å². The van der Waals surface area contributed by atoms with Gasteiger partial charge < -0.3 is 4.42 Å². The molecule has 3 aromatic rings. The zero-order chi connectivity index (χ0) is 14.7. The fourth-order valence-electron chi connectivity index (χ4n) is 2.10. The summed E-state index contributed by atoms with van der Waals surface area (Å²) in [6.07, 6.45) is 0. The molecule has 0 saturated heterocycles. The smallest absolute Gasteiger partial charge is 0.257 e. The lowest BCUT2D eigenvalue weighted by molar-refractivity contribution is 0.218. The second kappa shape index (κ2) is 6.20. The van der Waals surface area contributed by atoms with Crippen LogP contribution in [0.2, 0.25) is 0 Å². The van der Waals surface area contributed by atoms with Crippen LogP contribution in [-0.4, -0.2) is 22.1 Å². The van der Waals surface area contributed by atoms with Crippen LogP contribution in [0.3, 0.4) is 0 Å². The summed E-state index contributed by atoms with van der Waals surface area (Å²) < 4.78 is 5.80. The maximum atomic E-state index is 5.80. The summed E-state index contributed by atoms with van der Waals surface area (Å²) >= 11 is 1.60. The fourth-order valence-corrected chi connectivity index (χ4v) is 2.74. The van der Waals surface area contributed by atoms with Crippen LogP contribution in [0.4, 0.5) is 0 Å². The van der Waals surface area contributed by atoms with Gasteiger partial charge in [0.2, 0.25) is 5.89 Å². The molecule has 1 unspecified atom stereocenters. The number of benzene rings is 1. The summed E-state index contributed by atoms with van der Waals surface area (Å²) in [6.45, 7) is 2.92. The Morgan fingerprint density at radius 2 is 1.95 bits per heavy atom. The van der Waals surface area contributed by atoms with E-state index in [0.29, 0.717) is 11.8 Å². The highest BCUT2D eigenvalue weighted by Gasteiger charge is 2.19. The first-order valence-electron chi connectivity index (χ1n) is 6.85. The average Bonchev–Trinajstić information content (AvgIpc) is 3.18. The molecule has 2 heterocycles. The van der Waals surface area contributed by atoms with Gasteiger partial charge in [0, 0.05) is 6.54 Å². The summed E-state index contributed by atoms with van der Waals surface area (Å²) in [5.74, 6) is 1.25. The number of rotatable bonds is 5. The normalized spacial score (nSPS) is 12.7. The largest absolute Gasteiger partial charge is 0.418 e. The topological polar surface area (TPSA) is 42.2 Å². The van der Waals surface area contributed by atoms with E-state index in [2.05, 4.69) is 53.3 Å². The van der Waals surface area contributed by atoms with Gasteiger partial charge in [-0.3, -0.25) is 4.90 Å². The molecule has 0 fully saturated rings. The van der Waals surface area contributed by atoms with Crippen LogP contribution in [0.1, 0.15) is 24.4 Å². The molecule has 2 aromatic heterocycles. The van der Waals surface area contributed by atoms with E-state index in [9.17, 15) is 0 Å². The van der Waals surface area contributed by atoms with Gasteiger partial charge in [-0.15, -0.1) is 21.5 Å². The van der Waals surface area contributed by atoms with E-state index in [1.54, 1.807) is 11.3 Å². The Bertz CT molecular complexity index is 679. The molecule has 0 aliphatic rings. The fraction of sp³-hybridized carbons (Fsp3) is 0.250. The second-order valence-electron chi connectivity index (χ2n) is 5.00. The van der Waals surface area contributed by atoms with Crippen LogP contribution in [0.5, 0.6) is 0 Å². The molecule has 1 atom stereocenters. The Kier molecular flexibility index (Phi) is 4.13. The third-order valence-electron chi connectivity index (χ3n) is 3.47. The summed E-state index contributed by atoms with van der Waals surface area (Å²) in [4.78, 5) is 3.20. The SMILES string of the molecule is CC(c1nnc(-c2cccs2)o1)N(C)Cc1ccccc1. The van der Waals surface area contributed by atoms with Crippen molar-refractivity contribution in [1.29, 1.82) is 0 Å². The quantitative estimate of drug-likeness (QED) is 0.714. The molecule has 5 heteroatoms. The highest BCUT2D eigenvalue weighted by Crippen LogP contribution is 2.26. The standard InChI is InChI=1S/C16H17N3OS/c1-12(19(2)11-13-7-4-3-5-8-13)15-17-18-16(20-15)14-9-6-10-21-14/h3-10,12H,11H2,1-2H3. The van der Waals surface area contributed by atoms with Crippen molar-refractivity contribution in [2.45, 2.75) is 19.5 Å². The summed E-state index contributed by atoms with van der Waals surface area (Å²) in [7, 11) is 2.06. The molecule has 0 spiro atoms. The molecule has 0 aliphatic heterocycles. The Labute approximate surface area is 128 Å². The van der Waals surface area contributed by atoms with Gasteiger partial charge in [0.25, 0.3) is 5.89 Å². The lowest BCUT2D eigenvalue weighted by Gasteiger charge is -2.21. The molecule has 0 bridgehead atoms. The molecule has 4 nitrogen and oxygen atoms in total. The lowest BCUT2D eigenvalue weighted by Crippen LogP contribution is -2.22. The molecule has 108 valence electrons. The second-order valence-corrected chi connectivity index (χ2v) is 5.95. The van der Waals surface area contributed by atoms with Crippen molar-refractivity contribution in [3.63, 3.8) is 0 Å². The van der Waals surface area contributed by atoms with Gasteiger partial charge in [-0.05, 0) is 31.0 Å². The van der Waals surface area contributed by atoms with Crippen molar-refractivity contribution in [3.8, 4) is 10.8 Å². The minimum absolute atomic E-state index is 0.0754. The van der Waals surface area contributed by atoms with Crippen LogP contribution in [0, 0.1) is 0 Å². The molecule has 0 aliphatic carbocycles. The minimum Gasteiger partial charge on any atom is -0.418 e. The summed E-state index contributed by atoms with van der Waals surface area (Å²) in [5, 5.41) is 10.3. The van der Waals surface area contributed by atoms with Crippen LogP contribution >= 0.6 is 11.3 Å². The first kappa shape index (κ1) is 14.0. The zero-order valence-electron chi connectivity index (χ0n) is 12.1. The Morgan fingerprint density at radius 1 is 1.14 bits per heavy atom. The van der Waals surface area contributed by atoms with Gasteiger partial charge >= 0.3 is 0 Å². The third kappa shape index (κ3) is 3.20. The highest BCUT2D eigenvalue weighted by atomic mass is 32.1. The molecule has 21 heavy (non-hydrogen) atoms. The van der Waals surface area contributed by atoms with Gasteiger partial charge in [0.1, 0.15) is 0 Å². The van der Waals surface area contributed by atoms with Crippen molar-refractivity contribution in [3.05, 3.63) is 59.3 Å². The molecule has 0 N–H and O–H groups in total. The number of hydrogen-bond acceptors (Lipinski definition) is 5. The number of thiophene rings is 1. The van der Waals surface area contributed by atoms with Gasteiger partial charge in [-0.1, -0.05) is 36.4 Å². The molecule has 1 aromatic carbocycles. The van der Waals surface area contributed by atoms with E-state index in [0.717, 1.165) is 11.4 Å². The van der Waals surface area contributed by atoms with E-state index in [-0.39, 0.29) is 6.04 Å². The highest BCUT2D eigenvalue weighted by molar-refractivity contribution is 7.13. The molecular weight excluding hydrogens is 282 g/mol. The lowest BCUT2D eigenvalue weighted by atomic mass is 10.2. The summed E-state index contributed by atoms with van der Waals surface area (Å²) in [5.41, 5.74) is 1.27. The first-order chi connectivity index (χ1) is 10.2. The van der Waals surface area contributed by atoms with Gasteiger partial charge in [0.05, 0.1) is 10.9 Å². The van der Waals surface area contributed by atoms with Crippen molar-refractivity contribution in [2.75, 3.05) is 7.05 Å². The van der Waals surface area contributed by atoms with Crippen molar-refractivity contribution in [2.24, 2.45) is 0 Å². The average molecular weight is 299 g/mol. The van der Waals surface area contributed by atoms with Gasteiger partial charge in [0.15, 0.2) is 0 Å².